The molecule has 120 valence electrons. The van der Waals surface area contributed by atoms with Gasteiger partial charge >= 0.3 is 7.82 Å². The summed E-state index contributed by atoms with van der Waals surface area (Å²) in [7, 11) is -4.64. The fraction of sp³-hybridized carbons (Fsp3) is 0.500. The van der Waals surface area contributed by atoms with Gasteiger partial charge in [-0.3, -0.25) is 13.9 Å². The zero-order chi connectivity index (χ0) is 15.9. The Labute approximate surface area is 122 Å². The van der Waals surface area contributed by atoms with E-state index < -0.39 is 38.4 Å². The quantitative estimate of drug-likeness (QED) is 0.508. The van der Waals surface area contributed by atoms with Crippen molar-refractivity contribution in [3.05, 3.63) is 23.0 Å². The number of imidazole rings is 1. The second kappa shape index (κ2) is 5.54. The Morgan fingerprint density at radius 2 is 2.27 bits per heavy atom. The lowest BCUT2D eigenvalue weighted by Crippen LogP contribution is -2.25. The highest BCUT2D eigenvalue weighted by Gasteiger charge is 2.37. The second-order valence-corrected chi connectivity index (χ2v) is 6.01. The molecule has 0 aromatic carbocycles. The fourth-order valence-electron chi connectivity index (χ4n) is 2.28. The van der Waals surface area contributed by atoms with Crippen molar-refractivity contribution in [2.24, 2.45) is 0 Å². The number of nitrogens with one attached hydrogen (secondary N) is 1. The van der Waals surface area contributed by atoms with E-state index in [-0.39, 0.29) is 17.6 Å². The van der Waals surface area contributed by atoms with Gasteiger partial charge in [0.1, 0.15) is 12.3 Å². The van der Waals surface area contributed by atoms with Crippen LogP contribution in [0.3, 0.4) is 0 Å². The van der Waals surface area contributed by atoms with Gasteiger partial charge in [0.15, 0.2) is 11.2 Å². The van der Waals surface area contributed by atoms with Crippen molar-refractivity contribution in [3.8, 4) is 0 Å². The predicted molar refractivity (Wildman–Crippen MR) is 70.7 cm³/mol. The average Bonchev–Trinajstić information content (AvgIpc) is 3.00. The van der Waals surface area contributed by atoms with Crippen LogP contribution < -0.4 is 5.56 Å². The lowest BCUT2D eigenvalue weighted by molar-refractivity contribution is -0.0424. The van der Waals surface area contributed by atoms with Crippen molar-refractivity contribution in [1.82, 2.24) is 19.5 Å². The number of hydrogen-bond donors (Lipinski definition) is 4. The molecule has 12 heteroatoms. The third-order valence-corrected chi connectivity index (χ3v) is 3.77. The van der Waals surface area contributed by atoms with Gasteiger partial charge < -0.3 is 24.6 Å². The summed E-state index contributed by atoms with van der Waals surface area (Å²) in [6.45, 7) is -0.456. The van der Waals surface area contributed by atoms with Gasteiger partial charge in [0.25, 0.3) is 5.56 Å². The molecule has 1 aliphatic rings. The number of aromatic nitrogens is 4. The minimum absolute atomic E-state index is 0.135. The van der Waals surface area contributed by atoms with Gasteiger partial charge in [0.2, 0.25) is 0 Å². The van der Waals surface area contributed by atoms with Crippen LogP contribution in [0.15, 0.2) is 17.4 Å². The number of nitrogens with zero attached hydrogens (tertiary/aromatic N) is 3. The molecule has 0 unspecified atom stereocenters. The molecular weight excluding hydrogens is 319 g/mol. The number of fused-ring (bicyclic) bond motifs is 1. The van der Waals surface area contributed by atoms with E-state index in [1.165, 1.54) is 17.2 Å². The van der Waals surface area contributed by atoms with Crippen LogP contribution in [0.1, 0.15) is 12.6 Å². The number of aliphatic hydroxyl groups excluding tert-OH is 1. The largest absolute Gasteiger partial charge is 0.469 e. The third kappa shape index (κ3) is 2.95. The summed E-state index contributed by atoms with van der Waals surface area (Å²) in [4.78, 5) is 39.3. The molecule has 0 radical (unpaired) electrons. The average molecular weight is 332 g/mol. The van der Waals surface area contributed by atoms with Crippen LogP contribution >= 0.6 is 7.82 Å². The molecule has 0 amide bonds. The van der Waals surface area contributed by atoms with E-state index in [1.807, 2.05) is 0 Å². The maximum atomic E-state index is 11.6. The first kappa shape index (κ1) is 15.3. The lowest BCUT2D eigenvalue weighted by Gasteiger charge is -2.16. The Morgan fingerprint density at radius 1 is 1.50 bits per heavy atom. The Bertz CT molecular complexity index is 783. The van der Waals surface area contributed by atoms with Gasteiger partial charge in [-0.2, -0.15) is 0 Å². The van der Waals surface area contributed by atoms with Crippen LogP contribution in [-0.4, -0.2) is 53.2 Å². The number of phosphoric acid groups is 1. The first-order valence-corrected chi connectivity index (χ1v) is 7.82. The van der Waals surface area contributed by atoms with E-state index >= 15 is 0 Å². The first-order chi connectivity index (χ1) is 10.3. The highest BCUT2D eigenvalue weighted by molar-refractivity contribution is 7.46. The SMILES string of the molecule is O=c1[nH]cnc2c1ncn2[C@@H]1C[C@@H](O)[C@H](COP(=O)(O)O)O1. The number of H-pyrrole nitrogens is 1. The number of aliphatic hydroxyl groups is 1. The van der Waals surface area contributed by atoms with E-state index in [0.717, 1.165) is 0 Å². The smallest absolute Gasteiger partial charge is 0.390 e. The monoisotopic (exact) mass is 332 g/mol. The first-order valence-electron chi connectivity index (χ1n) is 6.29. The van der Waals surface area contributed by atoms with Crippen LogP contribution in [-0.2, 0) is 13.8 Å². The maximum absolute atomic E-state index is 11.6. The lowest BCUT2D eigenvalue weighted by atomic mass is 10.2. The van der Waals surface area contributed by atoms with Gasteiger partial charge in [-0.1, -0.05) is 0 Å². The van der Waals surface area contributed by atoms with Crippen molar-refractivity contribution < 1.29 is 28.7 Å². The molecule has 11 nitrogen and oxygen atoms in total. The van der Waals surface area contributed by atoms with Crippen molar-refractivity contribution in [2.45, 2.75) is 24.9 Å². The van der Waals surface area contributed by atoms with Crippen LogP contribution in [0.25, 0.3) is 11.2 Å². The molecule has 3 rings (SSSR count). The van der Waals surface area contributed by atoms with Crippen molar-refractivity contribution in [1.29, 1.82) is 0 Å². The molecule has 3 atom stereocenters. The fourth-order valence-corrected chi connectivity index (χ4v) is 2.62. The molecule has 2 aromatic heterocycles. The summed E-state index contributed by atoms with van der Waals surface area (Å²) >= 11 is 0. The van der Waals surface area contributed by atoms with Crippen LogP contribution in [0, 0.1) is 0 Å². The van der Waals surface area contributed by atoms with E-state index in [1.54, 1.807) is 0 Å². The Balaban J connectivity index is 1.80. The summed E-state index contributed by atoms with van der Waals surface area (Å²) in [5.41, 5.74) is 0.0247. The summed E-state index contributed by atoms with van der Waals surface area (Å²) in [6, 6.07) is 0. The van der Waals surface area contributed by atoms with Crippen LogP contribution in [0.5, 0.6) is 0 Å². The van der Waals surface area contributed by atoms with Crippen molar-refractivity contribution in [2.75, 3.05) is 6.61 Å². The van der Waals surface area contributed by atoms with Gasteiger partial charge in [0.05, 0.1) is 25.4 Å². The van der Waals surface area contributed by atoms with E-state index in [2.05, 4.69) is 19.5 Å². The van der Waals surface area contributed by atoms with Crippen molar-refractivity contribution in [3.63, 3.8) is 0 Å². The zero-order valence-corrected chi connectivity index (χ0v) is 12.0. The molecule has 4 N–H and O–H groups in total. The molecule has 0 spiro atoms. The summed E-state index contributed by atoms with van der Waals surface area (Å²) < 4.78 is 22.0. The predicted octanol–water partition coefficient (Wildman–Crippen LogP) is -1.12. The van der Waals surface area contributed by atoms with Gasteiger partial charge in [-0.05, 0) is 0 Å². The van der Waals surface area contributed by atoms with E-state index in [4.69, 9.17) is 14.5 Å². The minimum Gasteiger partial charge on any atom is -0.390 e. The summed E-state index contributed by atoms with van der Waals surface area (Å²) in [6.07, 6.45) is 0.182. The van der Waals surface area contributed by atoms with Gasteiger partial charge in [-0.25, -0.2) is 14.5 Å². The number of hydrogen-bond acceptors (Lipinski definition) is 7. The molecule has 3 heterocycles. The molecule has 1 fully saturated rings. The molecule has 2 aromatic rings. The van der Waals surface area contributed by atoms with Crippen LogP contribution in [0.4, 0.5) is 0 Å². The summed E-state index contributed by atoms with van der Waals surface area (Å²) in [5, 5.41) is 9.90. The maximum Gasteiger partial charge on any atom is 0.469 e. The molecule has 0 bridgehead atoms. The third-order valence-electron chi connectivity index (χ3n) is 3.29. The molecule has 0 saturated carbocycles. The Kier molecular flexibility index (Phi) is 3.85. The van der Waals surface area contributed by atoms with Crippen LogP contribution in [0.2, 0.25) is 0 Å². The topological polar surface area (TPSA) is 160 Å². The highest BCUT2D eigenvalue weighted by Crippen LogP contribution is 2.38. The second-order valence-electron chi connectivity index (χ2n) is 4.77. The van der Waals surface area contributed by atoms with Crippen molar-refractivity contribution >= 4 is 19.0 Å². The normalized spacial score (nSPS) is 25.9. The van der Waals surface area contributed by atoms with Gasteiger partial charge in [0, 0.05) is 6.42 Å². The molecule has 0 aliphatic carbocycles. The van der Waals surface area contributed by atoms with E-state index in [9.17, 15) is 14.5 Å². The molecule has 1 saturated heterocycles. The number of rotatable bonds is 4. The molecule has 1 aliphatic heterocycles. The number of ether oxygens (including phenoxy) is 1. The summed E-state index contributed by atoms with van der Waals surface area (Å²) in [5.74, 6) is 0. The zero-order valence-electron chi connectivity index (χ0n) is 11.1. The minimum atomic E-state index is -4.64. The number of phosphoric ester groups is 1. The molecular formula is C10H13N4O7P. The Hall–Kier alpha value is -1.62. The Morgan fingerprint density at radius 3 is 3.00 bits per heavy atom. The highest BCUT2D eigenvalue weighted by atomic mass is 31.2. The number of aromatic amines is 1. The van der Waals surface area contributed by atoms with E-state index in [0.29, 0.717) is 0 Å². The molecule has 22 heavy (non-hydrogen) atoms. The standard InChI is InChI=1S/C10H13N4O7P/c15-5-1-7(21-6(5)2-20-22(17,18)19)14-4-13-8-9(14)11-3-12-10(8)16/h3-7,15H,1-2H2,(H,11,12,16)(H2,17,18,19)/t5-,6+,7+/m1/s1. The van der Waals surface area contributed by atoms with Gasteiger partial charge in [-0.15, -0.1) is 0 Å².